The highest BCUT2D eigenvalue weighted by Crippen LogP contribution is 2.34. The van der Waals surface area contributed by atoms with E-state index in [2.05, 4.69) is 43.4 Å². The summed E-state index contributed by atoms with van der Waals surface area (Å²) in [7, 11) is 0. The lowest BCUT2D eigenvalue weighted by Gasteiger charge is -2.40. The Balaban J connectivity index is 0.000000218. The van der Waals surface area contributed by atoms with Gasteiger partial charge >= 0.3 is 0 Å². The van der Waals surface area contributed by atoms with Crippen LogP contribution >= 0.6 is 0 Å². The quantitative estimate of drug-likeness (QED) is 0.688. The molecule has 0 unspecified atom stereocenters. The standard InChI is InChI=1S/C16H18N4.C4H5N3/c1-11-9-12(6-7-17-11)14-4-5-15-16(19-14)18-13-3-2-8-20(15)10-13;5-4-3-6-1-2-7-4/h4-7,9,13H,2-3,8,10H2,1H3,(H,18,19);1-3H,(H2,5,7)/t13-;/m0./s1. The van der Waals surface area contributed by atoms with E-state index in [4.69, 9.17) is 10.7 Å². The number of nitrogen functional groups attached to an aromatic ring is 1. The number of nitrogens with zero attached hydrogens (tertiary/aromatic N) is 5. The van der Waals surface area contributed by atoms with Gasteiger partial charge in [0, 0.05) is 49.0 Å². The van der Waals surface area contributed by atoms with Gasteiger partial charge < -0.3 is 16.0 Å². The highest BCUT2D eigenvalue weighted by atomic mass is 15.2. The largest absolute Gasteiger partial charge is 0.382 e. The number of piperidine rings is 1. The van der Waals surface area contributed by atoms with E-state index in [1.165, 1.54) is 24.7 Å². The van der Waals surface area contributed by atoms with Crippen LogP contribution in [0.5, 0.6) is 0 Å². The Kier molecular flexibility index (Phi) is 4.82. The maximum Gasteiger partial charge on any atom is 0.150 e. The van der Waals surface area contributed by atoms with Gasteiger partial charge in [0.05, 0.1) is 17.6 Å². The first-order valence-corrected chi connectivity index (χ1v) is 9.16. The predicted molar refractivity (Wildman–Crippen MR) is 108 cm³/mol. The van der Waals surface area contributed by atoms with Crippen LogP contribution < -0.4 is 16.0 Å². The summed E-state index contributed by atoms with van der Waals surface area (Å²) in [5.74, 6) is 1.50. The Bertz CT molecular complexity index is 913. The lowest BCUT2D eigenvalue weighted by molar-refractivity contribution is 0.516. The molecular formula is C20H23N7. The van der Waals surface area contributed by atoms with Gasteiger partial charge in [-0.1, -0.05) is 0 Å². The van der Waals surface area contributed by atoms with Crippen LogP contribution in [-0.4, -0.2) is 39.1 Å². The summed E-state index contributed by atoms with van der Waals surface area (Å²) in [6.45, 7) is 4.28. The molecule has 138 valence electrons. The number of fused-ring (bicyclic) bond motifs is 4. The molecule has 0 radical (unpaired) electrons. The Morgan fingerprint density at radius 3 is 2.81 bits per heavy atom. The number of nitrogens with one attached hydrogen (secondary N) is 1. The molecule has 2 aliphatic heterocycles. The minimum atomic E-state index is 0.461. The van der Waals surface area contributed by atoms with E-state index >= 15 is 0 Å². The van der Waals surface area contributed by atoms with E-state index in [1.54, 1.807) is 12.4 Å². The summed E-state index contributed by atoms with van der Waals surface area (Å²) in [5, 5.41) is 3.58. The van der Waals surface area contributed by atoms with Crippen molar-refractivity contribution in [2.75, 3.05) is 29.0 Å². The third kappa shape index (κ3) is 3.97. The third-order valence-electron chi connectivity index (χ3n) is 4.75. The molecule has 0 amide bonds. The van der Waals surface area contributed by atoms with E-state index in [0.717, 1.165) is 35.9 Å². The van der Waals surface area contributed by atoms with Crippen molar-refractivity contribution in [3.8, 4) is 11.3 Å². The molecule has 7 heteroatoms. The number of hydrogen-bond acceptors (Lipinski definition) is 7. The van der Waals surface area contributed by atoms with Gasteiger partial charge in [0.25, 0.3) is 0 Å². The molecule has 3 aromatic heterocycles. The number of aryl methyl sites for hydroxylation is 1. The van der Waals surface area contributed by atoms with Crippen LogP contribution in [0, 0.1) is 6.92 Å². The van der Waals surface area contributed by atoms with E-state index in [-0.39, 0.29) is 0 Å². The number of rotatable bonds is 1. The van der Waals surface area contributed by atoms with Crippen molar-refractivity contribution in [3.05, 3.63) is 54.7 Å². The molecule has 3 aromatic rings. The second kappa shape index (κ2) is 7.57. The van der Waals surface area contributed by atoms with Gasteiger partial charge in [-0.2, -0.15) is 0 Å². The molecule has 27 heavy (non-hydrogen) atoms. The van der Waals surface area contributed by atoms with Crippen molar-refractivity contribution in [2.24, 2.45) is 0 Å². The molecular weight excluding hydrogens is 338 g/mol. The SMILES string of the molecule is Cc1cc(-c2ccc3c(n2)N[C@H]2CCCN3C2)ccn1.Nc1cnccn1. The molecule has 2 bridgehead atoms. The Labute approximate surface area is 158 Å². The topological polar surface area (TPSA) is 92.9 Å². The predicted octanol–water partition coefficient (Wildman–Crippen LogP) is 2.91. The van der Waals surface area contributed by atoms with Gasteiger partial charge in [0.2, 0.25) is 0 Å². The Hall–Kier alpha value is -3.22. The zero-order chi connectivity index (χ0) is 18.6. The van der Waals surface area contributed by atoms with Gasteiger partial charge in [-0.3, -0.25) is 9.97 Å². The number of hydrogen-bond donors (Lipinski definition) is 2. The van der Waals surface area contributed by atoms with E-state index in [0.29, 0.717) is 11.9 Å². The van der Waals surface area contributed by atoms with Crippen molar-refractivity contribution in [1.29, 1.82) is 0 Å². The molecule has 0 spiro atoms. The average molecular weight is 361 g/mol. The molecule has 7 nitrogen and oxygen atoms in total. The van der Waals surface area contributed by atoms with Crippen LogP contribution in [0.1, 0.15) is 18.5 Å². The fourth-order valence-electron chi connectivity index (χ4n) is 3.50. The zero-order valence-electron chi connectivity index (χ0n) is 15.3. The lowest BCUT2D eigenvalue weighted by Crippen LogP contribution is -2.46. The van der Waals surface area contributed by atoms with E-state index in [1.807, 2.05) is 19.2 Å². The number of nitrogens with two attached hydrogens (primary N) is 1. The van der Waals surface area contributed by atoms with Crippen molar-refractivity contribution < 1.29 is 0 Å². The summed E-state index contributed by atoms with van der Waals surface area (Å²) < 4.78 is 0. The number of aromatic nitrogens is 4. The van der Waals surface area contributed by atoms with Crippen LogP contribution in [0.2, 0.25) is 0 Å². The molecule has 0 aliphatic carbocycles. The molecule has 0 saturated carbocycles. The van der Waals surface area contributed by atoms with Crippen LogP contribution in [0.25, 0.3) is 11.3 Å². The van der Waals surface area contributed by atoms with Crippen LogP contribution in [0.3, 0.4) is 0 Å². The zero-order valence-corrected chi connectivity index (χ0v) is 15.3. The van der Waals surface area contributed by atoms with Crippen molar-refractivity contribution in [2.45, 2.75) is 25.8 Å². The second-order valence-electron chi connectivity index (χ2n) is 6.81. The minimum absolute atomic E-state index is 0.461. The fraction of sp³-hybridized carbons (Fsp3) is 0.300. The third-order valence-corrected chi connectivity index (χ3v) is 4.75. The summed E-state index contributed by atoms with van der Waals surface area (Å²) >= 11 is 0. The molecule has 2 aliphatic rings. The van der Waals surface area contributed by atoms with Gasteiger partial charge in [-0.25, -0.2) is 9.97 Å². The summed E-state index contributed by atoms with van der Waals surface area (Å²) in [5.41, 5.74) is 9.60. The molecule has 0 aromatic carbocycles. The number of anilines is 3. The smallest absolute Gasteiger partial charge is 0.150 e. The lowest BCUT2D eigenvalue weighted by atomic mass is 10.0. The summed E-state index contributed by atoms with van der Waals surface area (Å²) in [4.78, 5) is 18.9. The summed E-state index contributed by atoms with van der Waals surface area (Å²) in [6, 6.07) is 8.97. The summed E-state index contributed by atoms with van der Waals surface area (Å²) in [6.07, 6.45) is 8.99. The Morgan fingerprint density at radius 1 is 1.15 bits per heavy atom. The van der Waals surface area contributed by atoms with Gasteiger partial charge in [0.15, 0.2) is 5.82 Å². The van der Waals surface area contributed by atoms with Crippen molar-refractivity contribution in [3.63, 3.8) is 0 Å². The first-order valence-electron chi connectivity index (χ1n) is 9.16. The number of pyridine rings is 2. The first-order chi connectivity index (χ1) is 13.2. The van der Waals surface area contributed by atoms with Gasteiger partial charge in [-0.15, -0.1) is 0 Å². The normalized spacial score (nSPS) is 17.2. The second-order valence-corrected chi connectivity index (χ2v) is 6.81. The van der Waals surface area contributed by atoms with E-state index in [9.17, 15) is 0 Å². The first kappa shape index (κ1) is 17.2. The van der Waals surface area contributed by atoms with Crippen molar-refractivity contribution >= 4 is 17.3 Å². The van der Waals surface area contributed by atoms with Crippen LogP contribution in [-0.2, 0) is 0 Å². The minimum Gasteiger partial charge on any atom is -0.382 e. The van der Waals surface area contributed by atoms with E-state index < -0.39 is 0 Å². The van der Waals surface area contributed by atoms with Crippen LogP contribution in [0.4, 0.5) is 17.3 Å². The monoisotopic (exact) mass is 361 g/mol. The highest BCUT2D eigenvalue weighted by Gasteiger charge is 2.28. The maximum absolute atomic E-state index is 5.18. The van der Waals surface area contributed by atoms with Gasteiger partial charge in [-0.05, 0) is 44.0 Å². The fourth-order valence-corrected chi connectivity index (χ4v) is 3.50. The Morgan fingerprint density at radius 2 is 2.07 bits per heavy atom. The average Bonchev–Trinajstić information content (AvgIpc) is 2.69. The molecule has 5 heterocycles. The molecule has 1 fully saturated rings. The van der Waals surface area contributed by atoms with Crippen LogP contribution in [0.15, 0.2) is 49.1 Å². The molecule has 3 N–H and O–H groups in total. The molecule has 1 atom stereocenters. The van der Waals surface area contributed by atoms with Gasteiger partial charge in [0.1, 0.15) is 5.82 Å². The maximum atomic E-state index is 5.18. The molecule has 5 rings (SSSR count). The highest BCUT2D eigenvalue weighted by molar-refractivity contribution is 5.74. The van der Waals surface area contributed by atoms with Crippen molar-refractivity contribution in [1.82, 2.24) is 19.9 Å². The molecule has 1 saturated heterocycles.